The molecule has 2 heterocycles. The molecule has 0 spiro atoms. The molecule has 1 saturated heterocycles. The van der Waals surface area contributed by atoms with E-state index < -0.39 is 0 Å². The SMILES string of the molecule is CC1=NN(c2ccc(C)c(Cl)c2)C(=O)/C1=C\c1ccc(N2CCN(C)CC2)c([N+](=O)[O-])c1. The summed E-state index contributed by atoms with van der Waals surface area (Å²) in [6.07, 6.45) is 1.65. The van der Waals surface area contributed by atoms with Gasteiger partial charge in [0.05, 0.1) is 21.9 Å². The summed E-state index contributed by atoms with van der Waals surface area (Å²) in [5, 5.41) is 18.0. The Balaban J connectivity index is 1.64. The van der Waals surface area contributed by atoms with E-state index in [0.29, 0.717) is 33.2 Å². The van der Waals surface area contributed by atoms with Gasteiger partial charge in [0, 0.05) is 37.3 Å². The third kappa shape index (κ3) is 4.24. The van der Waals surface area contributed by atoms with E-state index >= 15 is 0 Å². The summed E-state index contributed by atoms with van der Waals surface area (Å²) in [7, 11) is 2.04. The molecule has 2 aliphatic heterocycles. The van der Waals surface area contributed by atoms with Crippen LogP contribution < -0.4 is 9.91 Å². The van der Waals surface area contributed by atoms with Crippen molar-refractivity contribution in [3.8, 4) is 0 Å². The minimum Gasteiger partial charge on any atom is -0.363 e. The van der Waals surface area contributed by atoms with Crippen LogP contribution >= 0.6 is 11.6 Å². The minimum absolute atomic E-state index is 0.0334. The number of hydrogen-bond donors (Lipinski definition) is 0. The van der Waals surface area contributed by atoms with E-state index in [1.165, 1.54) is 11.1 Å². The number of rotatable bonds is 4. The Kier molecular flexibility index (Phi) is 5.99. The number of nitro benzene ring substituents is 1. The second-order valence-corrected chi connectivity index (χ2v) is 8.50. The number of benzene rings is 2. The number of carbonyl (C=O) groups excluding carboxylic acids is 1. The molecule has 0 aromatic heterocycles. The minimum atomic E-state index is -0.367. The first-order chi connectivity index (χ1) is 15.2. The highest BCUT2D eigenvalue weighted by molar-refractivity contribution is 6.33. The number of aryl methyl sites for hydroxylation is 1. The van der Waals surface area contributed by atoms with Gasteiger partial charge in [0.25, 0.3) is 11.6 Å². The molecule has 0 atom stereocenters. The average Bonchev–Trinajstić information content (AvgIpc) is 3.04. The van der Waals surface area contributed by atoms with Gasteiger partial charge < -0.3 is 9.80 Å². The van der Waals surface area contributed by atoms with Gasteiger partial charge in [0.2, 0.25) is 0 Å². The number of likely N-dealkylation sites (N-methyl/N-ethyl adjacent to an activating group) is 1. The van der Waals surface area contributed by atoms with Crippen LogP contribution in [-0.2, 0) is 4.79 Å². The summed E-state index contributed by atoms with van der Waals surface area (Å²) < 4.78 is 0. The molecule has 0 unspecified atom stereocenters. The summed E-state index contributed by atoms with van der Waals surface area (Å²) in [6, 6.07) is 10.4. The maximum Gasteiger partial charge on any atom is 0.293 e. The number of piperazine rings is 1. The average molecular weight is 454 g/mol. The third-order valence-electron chi connectivity index (χ3n) is 5.81. The van der Waals surface area contributed by atoms with Gasteiger partial charge in [-0.05, 0) is 56.3 Å². The van der Waals surface area contributed by atoms with Crippen LogP contribution in [0.1, 0.15) is 18.1 Å². The number of hydrazone groups is 1. The van der Waals surface area contributed by atoms with E-state index in [1.54, 1.807) is 37.3 Å². The van der Waals surface area contributed by atoms with Crippen LogP contribution in [0.3, 0.4) is 0 Å². The van der Waals surface area contributed by atoms with Crippen molar-refractivity contribution in [1.29, 1.82) is 0 Å². The fourth-order valence-corrected chi connectivity index (χ4v) is 4.01. The summed E-state index contributed by atoms with van der Waals surface area (Å²) >= 11 is 6.20. The van der Waals surface area contributed by atoms with E-state index in [0.717, 1.165) is 31.7 Å². The zero-order chi connectivity index (χ0) is 23.0. The number of halogens is 1. The van der Waals surface area contributed by atoms with Gasteiger partial charge in [-0.2, -0.15) is 10.1 Å². The van der Waals surface area contributed by atoms with Gasteiger partial charge in [-0.1, -0.05) is 23.7 Å². The number of amides is 1. The predicted molar refractivity (Wildman–Crippen MR) is 128 cm³/mol. The van der Waals surface area contributed by atoms with Gasteiger partial charge >= 0.3 is 0 Å². The van der Waals surface area contributed by atoms with Crippen LogP contribution in [0.2, 0.25) is 5.02 Å². The molecule has 1 amide bonds. The van der Waals surface area contributed by atoms with Crippen LogP contribution in [0.4, 0.5) is 17.1 Å². The van der Waals surface area contributed by atoms with Crippen molar-refractivity contribution < 1.29 is 9.72 Å². The van der Waals surface area contributed by atoms with Gasteiger partial charge in [-0.3, -0.25) is 14.9 Å². The first-order valence-corrected chi connectivity index (χ1v) is 10.7. The van der Waals surface area contributed by atoms with Crippen LogP contribution in [-0.4, -0.2) is 54.7 Å². The number of nitrogens with zero attached hydrogens (tertiary/aromatic N) is 5. The van der Waals surface area contributed by atoms with Gasteiger partial charge in [0.1, 0.15) is 5.69 Å². The molecule has 2 aromatic rings. The molecule has 166 valence electrons. The largest absolute Gasteiger partial charge is 0.363 e. The number of hydrogen-bond acceptors (Lipinski definition) is 6. The second-order valence-electron chi connectivity index (χ2n) is 8.09. The quantitative estimate of drug-likeness (QED) is 0.395. The summed E-state index contributed by atoms with van der Waals surface area (Å²) in [5.41, 5.74) is 3.63. The van der Waals surface area contributed by atoms with Gasteiger partial charge in [0.15, 0.2) is 0 Å². The lowest BCUT2D eigenvalue weighted by molar-refractivity contribution is -0.384. The Bertz CT molecular complexity index is 1150. The van der Waals surface area contributed by atoms with Gasteiger partial charge in [-0.15, -0.1) is 0 Å². The molecule has 4 rings (SSSR count). The zero-order valence-corrected chi connectivity index (χ0v) is 19.0. The van der Waals surface area contributed by atoms with Crippen molar-refractivity contribution >= 4 is 46.4 Å². The van der Waals surface area contributed by atoms with Crippen molar-refractivity contribution in [3.63, 3.8) is 0 Å². The molecule has 0 radical (unpaired) electrons. The lowest BCUT2D eigenvalue weighted by Gasteiger charge is -2.33. The lowest BCUT2D eigenvalue weighted by Crippen LogP contribution is -2.44. The Labute approximate surface area is 191 Å². The monoisotopic (exact) mass is 453 g/mol. The molecule has 0 aliphatic carbocycles. The fourth-order valence-electron chi connectivity index (χ4n) is 3.83. The van der Waals surface area contributed by atoms with Crippen LogP contribution in [0, 0.1) is 17.0 Å². The lowest BCUT2D eigenvalue weighted by atomic mass is 10.1. The molecule has 0 saturated carbocycles. The van der Waals surface area contributed by atoms with E-state index in [4.69, 9.17) is 11.6 Å². The third-order valence-corrected chi connectivity index (χ3v) is 6.22. The molecule has 0 N–H and O–H groups in total. The molecule has 0 bridgehead atoms. The molecule has 1 fully saturated rings. The number of anilines is 2. The highest BCUT2D eigenvalue weighted by atomic mass is 35.5. The Morgan fingerprint density at radius 1 is 1.09 bits per heavy atom. The number of nitro groups is 1. The topological polar surface area (TPSA) is 82.3 Å². The van der Waals surface area contributed by atoms with Crippen molar-refractivity contribution in [2.24, 2.45) is 5.10 Å². The second kappa shape index (κ2) is 8.72. The summed E-state index contributed by atoms with van der Waals surface area (Å²) in [5.74, 6) is -0.298. The van der Waals surface area contributed by atoms with Crippen molar-refractivity contribution in [2.45, 2.75) is 13.8 Å². The summed E-state index contributed by atoms with van der Waals surface area (Å²) in [4.78, 5) is 28.7. The standard InChI is InChI=1S/C23H24ClN5O3/c1-15-4-6-18(14-20(15)24)28-23(30)19(16(2)25-28)12-17-5-7-21(22(13-17)29(31)32)27-10-8-26(3)9-11-27/h4-7,12-14H,8-11H2,1-3H3/b19-12-. The zero-order valence-electron chi connectivity index (χ0n) is 18.2. The first-order valence-electron chi connectivity index (χ1n) is 10.3. The smallest absolute Gasteiger partial charge is 0.293 e. The molecule has 32 heavy (non-hydrogen) atoms. The van der Waals surface area contributed by atoms with Crippen molar-refractivity contribution in [2.75, 3.05) is 43.1 Å². The summed E-state index contributed by atoms with van der Waals surface area (Å²) in [6.45, 7) is 6.80. The number of carbonyl (C=O) groups is 1. The Hall–Kier alpha value is -3.23. The van der Waals surface area contributed by atoms with E-state index in [1.807, 2.05) is 24.9 Å². The van der Waals surface area contributed by atoms with Crippen LogP contribution in [0.25, 0.3) is 6.08 Å². The molecular formula is C23H24ClN5O3. The molecule has 2 aliphatic rings. The predicted octanol–water partition coefficient (Wildman–Crippen LogP) is 4.11. The van der Waals surface area contributed by atoms with E-state index in [2.05, 4.69) is 10.0 Å². The molecule has 9 heteroatoms. The van der Waals surface area contributed by atoms with E-state index in [9.17, 15) is 14.9 Å². The van der Waals surface area contributed by atoms with Crippen LogP contribution in [0.5, 0.6) is 0 Å². The maximum absolute atomic E-state index is 13.0. The Morgan fingerprint density at radius 2 is 1.81 bits per heavy atom. The fraction of sp³-hybridized carbons (Fsp3) is 0.304. The first kappa shape index (κ1) is 22.0. The van der Waals surface area contributed by atoms with Gasteiger partial charge in [-0.25, -0.2) is 0 Å². The normalized spacial score (nSPS) is 18.4. The maximum atomic E-state index is 13.0. The highest BCUT2D eigenvalue weighted by Crippen LogP contribution is 2.32. The van der Waals surface area contributed by atoms with Crippen LogP contribution in [0.15, 0.2) is 47.1 Å². The molecule has 8 nitrogen and oxygen atoms in total. The highest BCUT2D eigenvalue weighted by Gasteiger charge is 2.29. The Morgan fingerprint density at radius 3 is 2.47 bits per heavy atom. The molecular weight excluding hydrogens is 430 g/mol. The molecule has 2 aromatic carbocycles. The van der Waals surface area contributed by atoms with Crippen molar-refractivity contribution in [1.82, 2.24) is 4.90 Å². The van der Waals surface area contributed by atoms with E-state index in [-0.39, 0.29) is 16.5 Å². The van der Waals surface area contributed by atoms with Crippen molar-refractivity contribution in [3.05, 3.63) is 68.2 Å².